The first kappa shape index (κ1) is 39.8. The van der Waals surface area contributed by atoms with Gasteiger partial charge in [-0.05, 0) is 98.5 Å². The largest absolute Gasteiger partial charge is 0.456 e. The van der Waals surface area contributed by atoms with Gasteiger partial charge in [-0.1, -0.05) is 139 Å². The predicted molar refractivity (Wildman–Crippen MR) is 227 cm³/mol. The first-order valence-electron chi connectivity index (χ1n) is 18.0. The zero-order valence-electron chi connectivity index (χ0n) is 30.2. The molecule has 0 aliphatic heterocycles. The summed E-state index contributed by atoms with van der Waals surface area (Å²) in [7, 11) is -7.60. The van der Waals surface area contributed by atoms with Crippen LogP contribution >= 0.6 is 38.7 Å². The van der Waals surface area contributed by atoms with Gasteiger partial charge in [0.05, 0.1) is 11.6 Å². The Kier molecular flexibility index (Phi) is 15.0. The molecule has 55 heavy (non-hydrogen) atoms. The lowest BCUT2D eigenvalue weighted by Gasteiger charge is -2.19. The molecule has 0 bridgehead atoms. The van der Waals surface area contributed by atoms with Crippen molar-refractivity contribution in [3.8, 4) is 23.0 Å². The Balaban J connectivity index is 1.21. The maximum Gasteiger partial charge on any atom is 0.456 e. The number of hydrogen-bond donors (Lipinski definition) is 0. The number of allylic oxidation sites excluding steroid dienone is 2. The second-order valence-electron chi connectivity index (χ2n) is 12.3. The molecule has 0 radical (unpaired) electrons. The van der Waals surface area contributed by atoms with E-state index < -0.39 is 15.2 Å². The van der Waals surface area contributed by atoms with E-state index in [4.69, 9.17) is 18.1 Å². The second-order valence-corrected chi connectivity index (χ2v) is 18.1. The number of benzene rings is 6. The summed E-state index contributed by atoms with van der Waals surface area (Å²) in [5, 5.41) is 0. The first-order valence-corrected chi connectivity index (χ1v) is 22.9. The second kappa shape index (κ2) is 20.7. The van der Waals surface area contributed by atoms with E-state index in [1.165, 1.54) is 0 Å². The molecule has 6 rings (SSSR count). The van der Waals surface area contributed by atoms with Gasteiger partial charge in [-0.15, -0.1) is 0 Å². The number of hydrogen-bond acceptors (Lipinski definition) is 8. The van der Waals surface area contributed by atoms with E-state index in [9.17, 15) is 9.13 Å². The Bertz CT molecular complexity index is 1940. The Morgan fingerprint density at radius 1 is 0.382 bits per heavy atom. The van der Waals surface area contributed by atoms with Crippen molar-refractivity contribution in [2.24, 2.45) is 0 Å². The van der Waals surface area contributed by atoms with Crippen molar-refractivity contribution in [2.75, 3.05) is 0 Å². The van der Waals surface area contributed by atoms with Crippen molar-refractivity contribution in [3.63, 3.8) is 0 Å². The van der Waals surface area contributed by atoms with E-state index in [1.54, 1.807) is 83.7 Å². The van der Waals surface area contributed by atoms with Gasteiger partial charge in [-0.25, -0.2) is 9.13 Å². The third-order valence-electron chi connectivity index (χ3n) is 7.84. The van der Waals surface area contributed by atoms with E-state index in [0.29, 0.717) is 35.8 Å². The lowest BCUT2D eigenvalue weighted by molar-refractivity contribution is 0.396. The molecule has 0 aliphatic carbocycles. The minimum Gasteiger partial charge on any atom is -0.413 e. The van der Waals surface area contributed by atoms with Gasteiger partial charge in [0.1, 0.15) is 23.0 Å². The zero-order valence-corrected chi connectivity index (χ0v) is 33.6. The predicted octanol–water partition coefficient (Wildman–Crippen LogP) is 14.9. The molecule has 0 unspecified atom stereocenters. The summed E-state index contributed by atoms with van der Waals surface area (Å²) in [4.78, 5) is 3.81. The van der Waals surface area contributed by atoms with E-state index in [0.717, 1.165) is 38.9 Å². The van der Waals surface area contributed by atoms with E-state index in [2.05, 4.69) is 0 Å². The first-order chi connectivity index (χ1) is 26.9. The zero-order chi connectivity index (χ0) is 38.0. The minimum atomic E-state index is -3.80. The molecule has 0 amide bonds. The highest BCUT2D eigenvalue weighted by Crippen LogP contribution is 2.54. The van der Waals surface area contributed by atoms with Gasteiger partial charge in [0.2, 0.25) is 0 Å². The molecule has 0 spiro atoms. The molecule has 280 valence electrons. The van der Waals surface area contributed by atoms with Gasteiger partial charge in [-0.3, -0.25) is 0 Å². The average molecular weight is 805 g/mol. The SMILES string of the molecule is O=P(/C=C(/CCCCC/C(=C/P(=O)(Oc1ccccc1)Oc1ccccc1)Sc1ccccc1)Sc1ccccc1)(Oc1ccccc1)Oc1ccccc1. The smallest absolute Gasteiger partial charge is 0.413 e. The molecule has 0 atom stereocenters. The average Bonchev–Trinajstić information content (AvgIpc) is 3.20. The fraction of sp³-hybridized carbons (Fsp3) is 0.111. The van der Waals surface area contributed by atoms with Gasteiger partial charge in [-0.2, -0.15) is 0 Å². The molecule has 6 nitrogen and oxygen atoms in total. The molecule has 0 aliphatic rings. The van der Waals surface area contributed by atoms with Gasteiger partial charge in [0.25, 0.3) is 0 Å². The van der Waals surface area contributed by atoms with Crippen LogP contribution in [0.1, 0.15) is 32.1 Å². The molecule has 0 heterocycles. The van der Waals surface area contributed by atoms with E-state index in [-0.39, 0.29) is 0 Å². The van der Waals surface area contributed by atoms with E-state index >= 15 is 0 Å². The molecule has 0 fully saturated rings. The third-order valence-corrected chi connectivity index (χ3v) is 13.5. The van der Waals surface area contributed by atoms with Crippen LogP contribution in [0.3, 0.4) is 0 Å². The number of rotatable bonds is 20. The summed E-state index contributed by atoms with van der Waals surface area (Å²) in [6, 6.07) is 56.4. The molecule has 6 aromatic carbocycles. The molecule has 0 saturated carbocycles. The highest BCUT2D eigenvalue weighted by molar-refractivity contribution is 8.03. The van der Waals surface area contributed by atoms with Crippen LogP contribution < -0.4 is 18.1 Å². The van der Waals surface area contributed by atoms with Gasteiger partial charge < -0.3 is 18.1 Å². The van der Waals surface area contributed by atoms with Crippen molar-refractivity contribution >= 4 is 38.7 Å². The third kappa shape index (κ3) is 13.8. The highest BCUT2D eigenvalue weighted by atomic mass is 32.2. The quantitative estimate of drug-likeness (QED) is 0.0429. The van der Waals surface area contributed by atoms with Crippen molar-refractivity contribution in [3.05, 3.63) is 203 Å². The summed E-state index contributed by atoms with van der Waals surface area (Å²) in [6.45, 7) is 0. The van der Waals surface area contributed by atoms with Crippen LogP contribution in [0.2, 0.25) is 0 Å². The molecule has 6 aromatic rings. The summed E-state index contributed by atoms with van der Waals surface area (Å²) >= 11 is 3.11. The van der Waals surface area contributed by atoms with Gasteiger partial charge in [0, 0.05) is 19.6 Å². The van der Waals surface area contributed by atoms with Crippen LogP contribution in [0.4, 0.5) is 0 Å². The minimum absolute atomic E-state index is 0.460. The molecule has 0 saturated heterocycles. The fourth-order valence-corrected chi connectivity index (χ4v) is 11.1. The molecular weight excluding hydrogens is 763 g/mol. The summed E-state index contributed by atoms with van der Waals surface area (Å²) in [5.41, 5.74) is 0. The molecule has 10 heteroatoms. The Hall–Kier alpha value is -4.84. The standard InChI is InChI=1S/C45H42O6P2S2/c46-52(48-38-22-8-1-9-23-38,49-39-24-10-2-11-25-39)36-44(54-42-30-16-5-17-31-42)34-20-7-21-35-45(55-43-32-18-6-19-33-43)37-53(47,50-40-26-12-3-13-27-40)51-41-28-14-4-15-29-41/h1-6,8-19,22-33,36-37H,7,20-21,34-35H2/b44-36-,45-37-. The lowest BCUT2D eigenvalue weighted by atomic mass is 10.1. The Morgan fingerprint density at radius 3 is 0.909 bits per heavy atom. The van der Waals surface area contributed by atoms with E-state index in [1.807, 2.05) is 133 Å². The van der Waals surface area contributed by atoms with Gasteiger partial charge in [0.15, 0.2) is 0 Å². The number of para-hydroxylation sites is 4. The summed E-state index contributed by atoms with van der Waals surface area (Å²) in [5.74, 6) is 5.17. The van der Waals surface area contributed by atoms with Crippen LogP contribution in [0.25, 0.3) is 0 Å². The number of thioether (sulfide) groups is 2. The van der Waals surface area contributed by atoms with Crippen molar-refractivity contribution in [2.45, 2.75) is 41.9 Å². The van der Waals surface area contributed by atoms with Crippen molar-refractivity contribution in [1.29, 1.82) is 0 Å². The van der Waals surface area contributed by atoms with Crippen LogP contribution in [-0.4, -0.2) is 0 Å². The topological polar surface area (TPSA) is 71.1 Å². The monoisotopic (exact) mass is 804 g/mol. The van der Waals surface area contributed by atoms with Crippen molar-refractivity contribution in [1.82, 2.24) is 0 Å². The summed E-state index contributed by atoms with van der Waals surface area (Å²) in [6.07, 6.45) is 3.77. The molecule has 0 aromatic heterocycles. The summed E-state index contributed by atoms with van der Waals surface area (Å²) < 4.78 is 53.4. The highest BCUT2D eigenvalue weighted by Gasteiger charge is 2.28. The van der Waals surface area contributed by atoms with Crippen LogP contribution in [-0.2, 0) is 9.13 Å². The maximum absolute atomic E-state index is 14.5. The Morgan fingerprint density at radius 2 is 0.636 bits per heavy atom. The normalized spacial score (nSPS) is 12.1. The lowest BCUT2D eigenvalue weighted by Crippen LogP contribution is -2.00. The molecular formula is C45H42O6P2S2. The van der Waals surface area contributed by atoms with Crippen LogP contribution in [0, 0.1) is 0 Å². The Labute approximate surface area is 332 Å². The number of unbranched alkanes of at least 4 members (excludes halogenated alkanes) is 2. The van der Waals surface area contributed by atoms with Crippen LogP contribution in [0.15, 0.2) is 213 Å². The van der Waals surface area contributed by atoms with Crippen LogP contribution in [0.5, 0.6) is 23.0 Å². The van der Waals surface area contributed by atoms with Crippen molar-refractivity contribution < 1.29 is 27.2 Å². The maximum atomic E-state index is 14.5. The fourth-order valence-electron chi connectivity index (χ4n) is 5.35. The molecule has 0 N–H and O–H groups in total. The van der Waals surface area contributed by atoms with Gasteiger partial charge >= 0.3 is 15.2 Å².